The smallest absolute Gasteiger partial charge is 0.329 e. The van der Waals surface area contributed by atoms with Crippen molar-refractivity contribution in [2.24, 2.45) is 10.8 Å². The topological polar surface area (TPSA) is 170 Å². The fourth-order valence-electron chi connectivity index (χ4n) is 2.72. The maximum absolute atomic E-state index is 11.9. The number of primary amides is 1. The Labute approximate surface area is 181 Å². The largest absolute Gasteiger partial charge is 0.455 e. The van der Waals surface area contributed by atoms with Crippen LogP contribution in [-0.2, 0) is 9.59 Å². The van der Waals surface area contributed by atoms with Crippen LogP contribution in [0.25, 0.3) is 11.3 Å². The Morgan fingerprint density at radius 1 is 1.06 bits per heavy atom. The van der Waals surface area contributed by atoms with Crippen molar-refractivity contribution in [1.29, 1.82) is 0 Å². The van der Waals surface area contributed by atoms with Crippen LogP contribution in [0.1, 0.15) is 21.7 Å². The van der Waals surface area contributed by atoms with Gasteiger partial charge in [0.05, 0.1) is 11.1 Å². The summed E-state index contributed by atoms with van der Waals surface area (Å²) < 4.78 is 5.61. The lowest BCUT2D eigenvalue weighted by atomic mass is 10.1. The van der Waals surface area contributed by atoms with Crippen molar-refractivity contribution in [3.8, 4) is 11.3 Å². The molecule has 0 radical (unpaired) electrons. The number of non-ortho nitro benzene ring substituents is 1. The van der Waals surface area contributed by atoms with E-state index in [1.54, 1.807) is 25.1 Å². The zero-order valence-corrected chi connectivity index (χ0v) is 16.7. The first-order valence-electron chi connectivity index (χ1n) is 9.14. The molecule has 11 heteroatoms. The average Bonchev–Trinajstić information content (AvgIpc) is 3.22. The van der Waals surface area contributed by atoms with Gasteiger partial charge in [0.25, 0.3) is 5.69 Å². The van der Waals surface area contributed by atoms with Crippen LogP contribution in [0.15, 0.2) is 64.1 Å². The number of benzene rings is 2. The van der Waals surface area contributed by atoms with Gasteiger partial charge in [-0.05, 0) is 55.0 Å². The fourth-order valence-corrected chi connectivity index (χ4v) is 2.72. The summed E-state index contributed by atoms with van der Waals surface area (Å²) in [5.74, 6) is -1.84. The van der Waals surface area contributed by atoms with Crippen molar-refractivity contribution in [1.82, 2.24) is 5.43 Å². The van der Waals surface area contributed by atoms with Gasteiger partial charge >= 0.3 is 11.8 Å². The van der Waals surface area contributed by atoms with Gasteiger partial charge in [-0.15, -0.1) is 0 Å². The molecule has 0 aliphatic carbocycles. The molecule has 1 aromatic heterocycles. The highest BCUT2D eigenvalue weighted by Crippen LogP contribution is 2.28. The number of nitrogens with zero attached hydrogens (tertiary/aromatic N) is 2. The molecule has 0 saturated carbocycles. The van der Waals surface area contributed by atoms with Crippen LogP contribution in [0.2, 0.25) is 0 Å². The summed E-state index contributed by atoms with van der Waals surface area (Å²) >= 11 is 0. The lowest BCUT2D eigenvalue weighted by Gasteiger charge is -2.04. The Balaban J connectivity index is 1.58. The number of aryl methyl sites for hydroxylation is 1. The summed E-state index contributed by atoms with van der Waals surface area (Å²) in [7, 11) is 0. The molecule has 2 aromatic carbocycles. The summed E-state index contributed by atoms with van der Waals surface area (Å²) in [5, 5.41) is 16.9. The Morgan fingerprint density at radius 2 is 1.78 bits per heavy atom. The van der Waals surface area contributed by atoms with Gasteiger partial charge in [-0.2, -0.15) is 5.10 Å². The highest BCUT2D eigenvalue weighted by atomic mass is 16.6. The SMILES string of the molecule is Cc1cc([N+](=O)[O-])ccc1-c1ccc(/C=N/NC(=O)C(=O)Nc2ccc(C(N)=O)cc2)o1. The Morgan fingerprint density at radius 3 is 2.41 bits per heavy atom. The van der Waals surface area contributed by atoms with E-state index < -0.39 is 22.6 Å². The van der Waals surface area contributed by atoms with Gasteiger partial charge in [0, 0.05) is 28.9 Å². The Hall–Kier alpha value is -4.80. The number of nitrogens with one attached hydrogen (secondary N) is 2. The minimum Gasteiger partial charge on any atom is -0.455 e. The molecule has 11 nitrogen and oxygen atoms in total. The van der Waals surface area contributed by atoms with Crippen LogP contribution < -0.4 is 16.5 Å². The Kier molecular flexibility index (Phi) is 6.39. The van der Waals surface area contributed by atoms with Gasteiger partial charge in [-0.1, -0.05) is 0 Å². The normalized spacial score (nSPS) is 10.7. The van der Waals surface area contributed by atoms with Gasteiger partial charge in [-0.3, -0.25) is 24.5 Å². The van der Waals surface area contributed by atoms with Crippen molar-refractivity contribution < 1.29 is 23.7 Å². The molecule has 0 unspecified atom stereocenters. The van der Waals surface area contributed by atoms with Crippen molar-refractivity contribution in [3.05, 3.63) is 81.6 Å². The molecule has 3 amide bonds. The second kappa shape index (κ2) is 9.34. The number of hydrazone groups is 1. The molecule has 32 heavy (non-hydrogen) atoms. The van der Waals surface area contributed by atoms with Crippen molar-refractivity contribution in [2.75, 3.05) is 5.32 Å². The van der Waals surface area contributed by atoms with Crippen molar-refractivity contribution in [3.63, 3.8) is 0 Å². The molecule has 162 valence electrons. The number of furan rings is 1. The monoisotopic (exact) mass is 435 g/mol. The highest BCUT2D eigenvalue weighted by Gasteiger charge is 2.14. The summed E-state index contributed by atoms with van der Waals surface area (Å²) in [5.41, 5.74) is 9.07. The molecule has 4 N–H and O–H groups in total. The molecule has 3 aromatic rings. The second-order valence-electron chi connectivity index (χ2n) is 6.55. The molecule has 3 rings (SSSR count). The second-order valence-corrected chi connectivity index (χ2v) is 6.55. The number of nitro benzene ring substituents is 1. The molecule has 0 bridgehead atoms. The first-order valence-corrected chi connectivity index (χ1v) is 9.14. The molecule has 1 heterocycles. The number of carbonyl (C=O) groups excluding carboxylic acids is 3. The molecular weight excluding hydrogens is 418 g/mol. The predicted molar refractivity (Wildman–Crippen MR) is 115 cm³/mol. The summed E-state index contributed by atoms with van der Waals surface area (Å²) in [6, 6.07) is 13.3. The first-order chi connectivity index (χ1) is 15.2. The Bertz CT molecular complexity index is 1230. The summed E-state index contributed by atoms with van der Waals surface area (Å²) in [6.45, 7) is 1.72. The third kappa shape index (κ3) is 5.21. The number of amides is 3. The number of hydrogen-bond donors (Lipinski definition) is 3. The van der Waals surface area contributed by atoms with Crippen LogP contribution in [-0.4, -0.2) is 28.9 Å². The molecule has 0 aliphatic rings. The molecule has 0 atom stereocenters. The van der Waals surface area contributed by atoms with Gasteiger partial charge < -0.3 is 15.5 Å². The van der Waals surface area contributed by atoms with Gasteiger partial charge in [0.15, 0.2) is 0 Å². The number of hydrogen-bond acceptors (Lipinski definition) is 7. The summed E-state index contributed by atoms with van der Waals surface area (Å²) in [4.78, 5) is 45.2. The number of nitrogens with two attached hydrogens (primary N) is 1. The number of anilines is 1. The molecule has 0 saturated heterocycles. The number of carbonyl (C=O) groups is 3. The van der Waals surface area contributed by atoms with Gasteiger partial charge in [0.1, 0.15) is 11.5 Å². The molecule has 0 fully saturated rings. The quantitative estimate of drug-likeness (QED) is 0.232. The van der Waals surface area contributed by atoms with Gasteiger partial charge in [0.2, 0.25) is 5.91 Å². The first kappa shape index (κ1) is 21.9. The van der Waals surface area contributed by atoms with E-state index in [4.69, 9.17) is 10.2 Å². The van der Waals surface area contributed by atoms with E-state index in [0.717, 1.165) is 0 Å². The van der Waals surface area contributed by atoms with E-state index in [9.17, 15) is 24.5 Å². The van der Waals surface area contributed by atoms with Crippen LogP contribution in [0.5, 0.6) is 0 Å². The minimum absolute atomic E-state index is 0.0237. The summed E-state index contributed by atoms with van der Waals surface area (Å²) in [6.07, 6.45) is 1.21. The van der Waals surface area contributed by atoms with Crippen LogP contribution in [0.3, 0.4) is 0 Å². The highest BCUT2D eigenvalue weighted by molar-refractivity contribution is 6.39. The van der Waals surface area contributed by atoms with Crippen molar-refractivity contribution in [2.45, 2.75) is 6.92 Å². The van der Waals surface area contributed by atoms with Crippen LogP contribution >= 0.6 is 0 Å². The minimum atomic E-state index is -1.02. The van der Waals surface area contributed by atoms with Crippen LogP contribution in [0.4, 0.5) is 11.4 Å². The van der Waals surface area contributed by atoms with E-state index in [0.29, 0.717) is 28.3 Å². The molecule has 0 spiro atoms. The third-order valence-electron chi connectivity index (χ3n) is 4.30. The predicted octanol–water partition coefficient (Wildman–Crippen LogP) is 2.35. The van der Waals surface area contributed by atoms with E-state index in [1.807, 2.05) is 0 Å². The molecular formula is C21H17N5O6. The zero-order chi connectivity index (χ0) is 23.3. The van der Waals surface area contributed by atoms with Crippen LogP contribution in [0, 0.1) is 17.0 Å². The van der Waals surface area contributed by atoms with E-state index >= 15 is 0 Å². The van der Waals surface area contributed by atoms with Gasteiger partial charge in [-0.25, -0.2) is 5.43 Å². The molecule has 0 aliphatic heterocycles. The van der Waals surface area contributed by atoms with E-state index in [-0.39, 0.29) is 11.3 Å². The van der Waals surface area contributed by atoms with E-state index in [1.165, 1.54) is 42.6 Å². The maximum Gasteiger partial charge on any atom is 0.329 e. The van der Waals surface area contributed by atoms with E-state index in [2.05, 4.69) is 15.8 Å². The van der Waals surface area contributed by atoms with Crippen molar-refractivity contribution >= 4 is 35.3 Å². The number of nitro groups is 1. The maximum atomic E-state index is 11.9. The third-order valence-corrected chi connectivity index (χ3v) is 4.30. The fraction of sp³-hybridized carbons (Fsp3) is 0.0476. The lowest BCUT2D eigenvalue weighted by Crippen LogP contribution is -2.32. The average molecular weight is 435 g/mol. The lowest BCUT2D eigenvalue weighted by molar-refractivity contribution is -0.384. The standard InChI is InChI=1S/C21H17N5O6/c1-12-10-15(26(30)31)6-8-17(12)18-9-7-16(32-18)11-23-25-21(29)20(28)24-14-4-2-13(3-5-14)19(22)27/h2-11H,1H3,(H2,22,27)(H,24,28)(H,25,29)/b23-11+. The zero-order valence-electron chi connectivity index (χ0n) is 16.7. The number of rotatable bonds is 6.